The monoisotopic (exact) mass is 572 g/mol. The highest BCUT2D eigenvalue weighted by atomic mass is 16.5. The summed E-state index contributed by atoms with van der Waals surface area (Å²) in [5.74, 6) is -1.55. The fraction of sp³-hybridized carbons (Fsp3) is 0.815. The molecule has 0 heterocycles. The van der Waals surface area contributed by atoms with E-state index in [0.29, 0.717) is 62.0 Å². The first-order chi connectivity index (χ1) is 19.2. The molecule has 0 aromatic carbocycles. The van der Waals surface area contributed by atoms with Gasteiger partial charge in [-0.05, 0) is 57.9 Å². The van der Waals surface area contributed by atoms with Gasteiger partial charge in [0.2, 0.25) is 23.6 Å². The van der Waals surface area contributed by atoms with Gasteiger partial charge in [-0.2, -0.15) is 0 Å². The Labute approximate surface area is 238 Å². The van der Waals surface area contributed by atoms with E-state index in [9.17, 15) is 34.8 Å². The summed E-state index contributed by atoms with van der Waals surface area (Å²) >= 11 is 0. The van der Waals surface area contributed by atoms with E-state index in [0.717, 1.165) is 49.7 Å². The van der Waals surface area contributed by atoms with Crippen LogP contribution in [0.4, 0.5) is 0 Å². The summed E-state index contributed by atoms with van der Waals surface area (Å²) in [7, 11) is 0. The van der Waals surface area contributed by atoms with Crippen molar-refractivity contribution in [3.05, 3.63) is 5.21 Å². The lowest BCUT2D eigenvalue weighted by molar-refractivity contribution is -0.454. The number of nitrogens with two attached hydrogens (primary N) is 1. The van der Waals surface area contributed by atoms with Crippen molar-refractivity contribution in [2.45, 2.75) is 103 Å². The van der Waals surface area contributed by atoms with Crippen LogP contribution in [0.2, 0.25) is 0 Å². The number of hydrogen-bond donors (Lipinski definition) is 5. The van der Waals surface area contributed by atoms with Crippen LogP contribution >= 0.6 is 0 Å². The van der Waals surface area contributed by atoms with Gasteiger partial charge in [0.1, 0.15) is 0 Å². The summed E-state index contributed by atoms with van der Waals surface area (Å²) in [6.07, 6.45) is 9.67. The SMILES string of the molecule is CCC/C=[N+](\[O-])CCCCCNC(=O)CCC(=O)N(O)CCCCCNC(=O)CCC(=O)N(O)CCCCCN. The maximum Gasteiger partial charge on any atom is 0.246 e. The molecule has 0 rings (SSSR count). The van der Waals surface area contributed by atoms with Crippen molar-refractivity contribution >= 4 is 29.8 Å². The third kappa shape index (κ3) is 22.1. The van der Waals surface area contributed by atoms with E-state index in [2.05, 4.69) is 10.6 Å². The van der Waals surface area contributed by atoms with E-state index in [-0.39, 0.29) is 50.6 Å². The van der Waals surface area contributed by atoms with Crippen LogP contribution in [0.3, 0.4) is 0 Å². The van der Waals surface area contributed by atoms with E-state index in [1.54, 1.807) is 6.21 Å². The quantitative estimate of drug-likeness (QED) is 0.0274. The van der Waals surface area contributed by atoms with Crippen molar-refractivity contribution in [3.8, 4) is 0 Å². The molecule has 0 radical (unpaired) electrons. The van der Waals surface area contributed by atoms with Gasteiger partial charge < -0.3 is 21.6 Å². The molecule has 0 saturated carbocycles. The molecule has 0 spiro atoms. The van der Waals surface area contributed by atoms with E-state index in [4.69, 9.17) is 5.73 Å². The van der Waals surface area contributed by atoms with Crippen LogP contribution < -0.4 is 16.4 Å². The van der Waals surface area contributed by atoms with Crippen molar-refractivity contribution in [3.63, 3.8) is 0 Å². The largest absolute Gasteiger partial charge is 0.624 e. The lowest BCUT2D eigenvalue weighted by atomic mass is 10.2. The number of unbranched alkanes of at least 4 members (excludes halogenated alkanes) is 7. The first-order valence-electron chi connectivity index (χ1n) is 14.7. The molecule has 0 bridgehead atoms. The molecule has 40 heavy (non-hydrogen) atoms. The normalized spacial score (nSPS) is 11.2. The van der Waals surface area contributed by atoms with Crippen LogP contribution in [0.1, 0.15) is 103 Å². The molecule has 0 atom stereocenters. The Hall–Kier alpha value is -2.77. The number of amides is 4. The number of nitrogens with zero attached hydrogens (tertiary/aromatic N) is 3. The van der Waals surface area contributed by atoms with Crippen molar-refractivity contribution in [2.75, 3.05) is 39.3 Å². The molecule has 0 saturated heterocycles. The maximum absolute atomic E-state index is 12.0. The molecule has 0 fully saturated rings. The molecule has 4 amide bonds. The Kier molecular flexibility index (Phi) is 23.5. The average molecular weight is 573 g/mol. The zero-order valence-corrected chi connectivity index (χ0v) is 24.3. The highest BCUT2D eigenvalue weighted by Gasteiger charge is 2.14. The predicted octanol–water partition coefficient (Wildman–Crippen LogP) is 2.07. The third-order valence-electron chi connectivity index (χ3n) is 6.15. The molecule has 0 aliphatic rings. The van der Waals surface area contributed by atoms with E-state index in [1.807, 2.05) is 6.92 Å². The molecule has 0 aliphatic heterocycles. The number of carbonyl (C=O) groups is 4. The van der Waals surface area contributed by atoms with Crippen LogP contribution in [-0.4, -0.2) is 94.4 Å². The summed E-state index contributed by atoms with van der Waals surface area (Å²) in [4.78, 5) is 47.6. The predicted molar refractivity (Wildman–Crippen MR) is 152 cm³/mol. The number of rotatable bonds is 25. The topological polar surface area (TPSA) is 191 Å². The van der Waals surface area contributed by atoms with Gasteiger partial charge in [-0.25, -0.2) is 14.9 Å². The number of carbonyl (C=O) groups excluding carboxylic acids is 4. The Balaban J connectivity index is 3.75. The van der Waals surface area contributed by atoms with Crippen LogP contribution in [0.25, 0.3) is 0 Å². The van der Waals surface area contributed by atoms with Gasteiger partial charge >= 0.3 is 0 Å². The summed E-state index contributed by atoms with van der Waals surface area (Å²) in [5, 5.41) is 37.8. The van der Waals surface area contributed by atoms with Crippen LogP contribution in [0, 0.1) is 5.21 Å². The summed E-state index contributed by atoms with van der Waals surface area (Å²) in [5.41, 5.74) is 5.40. The fourth-order valence-electron chi connectivity index (χ4n) is 3.66. The van der Waals surface area contributed by atoms with Crippen molar-refractivity contribution in [1.29, 1.82) is 0 Å². The Bertz CT molecular complexity index is 751. The number of nitrogens with one attached hydrogen (secondary N) is 2. The van der Waals surface area contributed by atoms with Gasteiger partial charge in [0, 0.05) is 64.7 Å². The van der Waals surface area contributed by atoms with Crippen LogP contribution in [0.5, 0.6) is 0 Å². The second-order valence-electron chi connectivity index (χ2n) is 9.82. The minimum absolute atomic E-state index is 0.00687. The lowest BCUT2D eigenvalue weighted by Gasteiger charge is -2.15. The summed E-state index contributed by atoms with van der Waals surface area (Å²) < 4.78 is 0.958. The summed E-state index contributed by atoms with van der Waals surface area (Å²) in [6.45, 7) is 4.28. The van der Waals surface area contributed by atoms with Crippen molar-refractivity contribution in [2.24, 2.45) is 5.73 Å². The van der Waals surface area contributed by atoms with Gasteiger partial charge in [0.25, 0.3) is 0 Å². The molecule has 6 N–H and O–H groups in total. The van der Waals surface area contributed by atoms with Gasteiger partial charge in [0.05, 0.1) is 0 Å². The molecular weight excluding hydrogens is 520 g/mol. The lowest BCUT2D eigenvalue weighted by Crippen LogP contribution is -2.31. The van der Waals surface area contributed by atoms with Crippen LogP contribution in [0.15, 0.2) is 0 Å². The first kappa shape index (κ1) is 37.2. The Morgan fingerprint density at radius 1 is 0.750 bits per heavy atom. The third-order valence-corrected chi connectivity index (χ3v) is 6.15. The molecule has 232 valence electrons. The second-order valence-corrected chi connectivity index (χ2v) is 9.82. The second kappa shape index (κ2) is 25.2. The molecular formula is C27H52N6O7. The van der Waals surface area contributed by atoms with Gasteiger partial charge in [-0.15, -0.1) is 0 Å². The molecule has 13 heteroatoms. The Morgan fingerprint density at radius 3 is 1.70 bits per heavy atom. The molecule has 0 unspecified atom stereocenters. The fourth-order valence-corrected chi connectivity index (χ4v) is 3.66. The van der Waals surface area contributed by atoms with Crippen molar-refractivity contribution < 1.29 is 34.3 Å². The molecule has 0 aromatic rings. The minimum Gasteiger partial charge on any atom is -0.624 e. The maximum atomic E-state index is 12.0. The number of hydrogen-bond acceptors (Lipinski definition) is 8. The first-order valence-corrected chi connectivity index (χ1v) is 14.7. The molecule has 0 aliphatic carbocycles. The van der Waals surface area contributed by atoms with Crippen LogP contribution in [-0.2, 0) is 19.2 Å². The highest BCUT2D eigenvalue weighted by molar-refractivity contribution is 5.83. The van der Waals surface area contributed by atoms with E-state index < -0.39 is 11.8 Å². The van der Waals surface area contributed by atoms with E-state index in [1.165, 1.54) is 0 Å². The minimum atomic E-state index is -0.524. The number of hydroxylamine groups is 5. The smallest absolute Gasteiger partial charge is 0.246 e. The molecule has 0 aromatic heterocycles. The molecule has 13 nitrogen and oxygen atoms in total. The van der Waals surface area contributed by atoms with E-state index >= 15 is 0 Å². The van der Waals surface area contributed by atoms with Crippen molar-refractivity contribution in [1.82, 2.24) is 20.8 Å². The zero-order valence-electron chi connectivity index (χ0n) is 24.3. The standard InChI is InChI=1S/C27H52N6O7/c1-2-3-20-31(38)21-10-5-8-18-29-24(34)14-16-27(37)33(40)23-12-6-9-19-30-25(35)13-15-26(36)32(39)22-11-4-7-17-28/h20,39-40H,2-19,21-23,28H2,1H3,(H,29,34)(H,30,35)/b31-20-. The van der Waals surface area contributed by atoms with Gasteiger partial charge in [0.15, 0.2) is 12.8 Å². The highest BCUT2D eigenvalue weighted by Crippen LogP contribution is 2.03. The summed E-state index contributed by atoms with van der Waals surface area (Å²) in [6, 6.07) is 0. The Morgan fingerprint density at radius 2 is 1.23 bits per heavy atom. The average Bonchev–Trinajstić information content (AvgIpc) is 2.94. The van der Waals surface area contributed by atoms with Gasteiger partial charge in [-0.1, -0.05) is 13.3 Å². The zero-order chi connectivity index (χ0) is 30.0. The van der Waals surface area contributed by atoms with Gasteiger partial charge in [-0.3, -0.25) is 29.6 Å².